The first kappa shape index (κ1) is 14.9. The van der Waals surface area contributed by atoms with Crippen LogP contribution in [0.25, 0.3) is 0 Å². The van der Waals surface area contributed by atoms with Crippen molar-refractivity contribution in [2.75, 3.05) is 36.5 Å². The first-order chi connectivity index (χ1) is 10.6. The Morgan fingerprint density at radius 2 is 2.14 bits per heavy atom. The summed E-state index contributed by atoms with van der Waals surface area (Å²) < 4.78 is 6.81. The maximum Gasteiger partial charge on any atom is 0.260 e. The van der Waals surface area contributed by atoms with Crippen LogP contribution in [0.5, 0.6) is 0 Å². The van der Waals surface area contributed by atoms with Gasteiger partial charge in [0.1, 0.15) is 5.15 Å². The van der Waals surface area contributed by atoms with Crippen LogP contribution in [0.1, 0.15) is 10.4 Å². The molecule has 1 aliphatic heterocycles. The zero-order valence-electron chi connectivity index (χ0n) is 12.3. The SMILES string of the molecule is Cn1ncc(C(=O)Nc2cccc(N3CCOCC3)c2)c1Cl. The lowest BCUT2D eigenvalue weighted by molar-refractivity contribution is 0.102. The van der Waals surface area contributed by atoms with Gasteiger partial charge < -0.3 is 15.0 Å². The van der Waals surface area contributed by atoms with Crippen LogP contribution in [0.2, 0.25) is 5.15 Å². The number of amides is 1. The van der Waals surface area contributed by atoms with Crippen LogP contribution in [0.4, 0.5) is 11.4 Å². The third-order valence-electron chi connectivity index (χ3n) is 3.59. The van der Waals surface area contributed by atoms with Gasteiger partial charge in [-0.2, -0.15) is 5.10 Å². The van der Waals surface area contributed by atoms with Gasteiger partial charge in [-0.25, -0.2) is 0 Å². The second-order valence-electron chi connectivity index (χ2n) is 5.08. The van der Waals surface area contributed by atoms with Gasteiger partial charge in [0, 0.05) is 31.5 Å². The quantitative estimate of drug-likeness (QED) is 0.941. The third-order valence-corrected chi connectivity index (χ3v) is 4.04. The molecule has 6 nitrogen and oxygen atoms in total. The van der Waals surface area contributed by atoms with Crippen molar-refractivity contribution in [3.63, 3.8) is 0 Å². The Morgan fingerprint density at radius 1 is 1.36 bits per heavy atom. The number of nitrogens with one attached hydrogen (secondary N) is 1. The van der Waals surface area contributed by atoms with Gasteiger partial charge in [-0.3, -0.25) is 9.48 Å². The number of benzene rings is 1. The van der Waals surface area contributed by atoms with Gasteiger partial charge in [0.05, 0.1) is 25.0 Å². The van der Waals surface area contributed by atoms with Crippen LogP contribution in [0.15, 0.2) is 30.5 Å². The number of aromatic nitrogens is 2. The molecule has 116 valence electrons. The van der Waals surface area contributed by atoms with Crippen molar-refractivity contribution in [3.8, 4) is 0 Å². The highest BCUT2D eigenvalue weighted by Crippen LogP contribution is 2.22. The Morgan fingerprint density at radius 3 is 2.82 bits per heavy atom. The highest BCUT2D eigenvalue weighted by atomic mass is 35.5. The van der Waals surface area contributed by atoms with Gasteiger partial charge in [-0.1, -0.05) is 17.7 Å². The van der Waals surface area contributed by atoms with Crippen LogP contribution in [-0.4, -0.2) is 42.0 Å². The highest BCUT2D eigenvalue weighted by Gasteiger charge is 2.16. The van der Waals surface area contributed by atoms with E-state index in [4.69, 9.17) is 16.3 Å². The topological polar surface area (TPSA) is 59.4 Å². The highest BCUT2D eigenvalue weighted by molar-refractivity contribution is 6.33. The van der Waals surface area contributed by atoms with Gasteiger partial charge in [0.2, 0.25) is 0 Å². The molecule has 0 spiro atoms. The summed E-state index contributed by atoms with van der Waals surface area (Å²) in [5.74, 6) is -0.266. The van der Waals surface area contributed by atoms with E-state index in [2.05, 4.69) is 15.3 Å². The minimum Gasteiger partial charge on any atom is -0.378 e. The zero-order chi connectivity index (χ0) is 15.5. The second kappa shape index (κ2) is 6.37. The minimum atomic E-state index is -0.266. The molecule has 0 saturated carbocycles. The number of aryl methyl sites for hydroxylation is 1. The van der Waals surface area contributed by atoms with Crippen LogP contribution < -0.4 is 10.2 Å². The van der Waals surface area contributed by atoms with Crippen LogP contribution in [-0.2, 0) is 11.8 Å². The average Bonchev–Trinajstić information content (AvgIpc) is 2.88. The standard InChI is InChI=1S/C15H17ClN4O2/c1-19-14(16)13(10-17-19)15(21)18-11-3-2-4-12(9-11)20-5-7-22-8-6-20/h2-4,9-10H,5-8H2,1H3,(H,18,21). The summed E-state index contributed by atoms with van der Waals surface area (Å²) in [7, 11) is 1.69. The van der Waals surface area contributed by atoms with E-state index < -0.39 is 0 Å². The Kier molecular flexibility index (Phi) is 4.31. The van der Waals surface area contributed by atoms with Crippen molar-refractivity contribution >= 4 is 28.9 Å². The molecule has 3 rings (SSSR count). The fourth-order valence-electron chi connectivity index (χ4n) is 2.38. The summed E-state index contributed by atoms with van der Waals surface area (Å²) >= 11 is 6.04. The second-order valence-corrected chi connectivity index (χ2v) is 5.43. The molecule has 0 atom stereocenters. The molecular weight excluding hydrogens is 304 g/mol. The molecule has 2 heterocycles. The maximum atomic E-state index is 12.3. The average molecular weight is 321 g/mol. The lowest BCUT2D eigenvalue weighted by Crippen LogP contribution is -2.36. The van der Waals surface area contributed by atoms with Gasteiger partial charge in [0.15, 0.2) is 0 Å². The number of carbonyl (C=O) groups excluding carboxylic acids is 1. The Balaban J connectivity index is 1.75. The number of morpholine rings is 1. The van der Waals surface area contributed by atoms with Gasteiger partial charge >= 0.3 is 0 Å². The summed E-state index contributed by atoms with van der Waals surface area (Å²) in [5.41, 5.74) is 2.16. The molecule has 0 radical (unpaired) electrons. The number of anilines is 2. The number of rotatable bonds is 3. The van der Waals surface area contributed by atoms with Crippen molar-refractivity contribution in [2.24, 2.45) is 7.05 Å². The number of nitrogens with zero attached hydrogens (tertiary/aromatic N) is 3. The fourth-order valence-corrected chi connectivity index (χ4v) is 2.55. The number of halogens is 1. The largest absolute Gasteiger partial charge is 0.378 e. The number of carbonyl (C=O) groups is 1. The van der Waals surface area contributed by atoms with E-state index in [0.717, 1.165) is 37.7 Å². The molecule has 0 unspecified atom stereocenters. The molecular formula is C15H17ClN4O2. The maximum absolute atomic E-state index is 12.3. The summed E-state index contributed by atoms with van der Waals surface area (Å²) in [4.78, 5) is 14.5. The lowest BCUT2D eigenvalue weighted by Gasteiger charge is -2.29. The summed E-state index contributed by atoms with van der Waals surface area (Å²) in [6.45, 7) is 3.15. The van der Waals surface area contributed by atoms with E-state index in [0.29, 0.717) is 10.7 Å². The molecule has 1 aromatic carbocycles. The molecule has 0 bridgehead atoms. The zero-order valence-corrected chi connectivity index (χ0v) is 13.0. The van der Waals surface area contributed by atoms with E-state index >= 15 is 0 Å². The van der Waals surface area contributed by atoms with E-state index in [1.165, 1.54) is 10.9 Å². The van der Waals surface area contributed by atoms with Crippen molar-refractivity contribution < 1.29 is 9.53 Å². The van der Waals surface area contributed by atoms with Crippen molar-refractivity contribution in [1.82, 2.24) is 9.78 Å². The van der Waals surface area contributed by atoms with Crippen LogP contribution in [0.3, 0.4) is 0 Å². The molecule has 0 aliphatic carbocycles. The Labute approximate surface area is 133 Å². The van der Waals surface area contributed by atoms with Gasteiger partial charge in [-0.15, -0.1) is 0 Å². The van der Waals surface area contributed by atoms with Crippen molar-refractivity contribution in [2.45, 2.75) is 0 Å². The molecule has 1 N–H and O–H groups in total. The van der Waals surface area contributed by atoms with E-state index in [1.54, 1.807) is 7.05 Å². The minimum absolute atomic E-state index is 0.266. The Hall–Kier alpha value is -2.05. The van der Waals surface area contributed by atoms with Crippen LogP contribution >= 0.6 is 11.6 Å². The molecule has 2 aromatic rings. The van der Waals surface area contributed by atoms with E-state index in [1.807, 2.05) is 24.3 Å². The summed E-state index contributed by atoms with van der Waals surface area (Å²) in [6, 6.07) is 7.75. The van der Waals surface area contributed by atoms with E-state index in [-0.39, 0.29) is 5.91 Å². The van der Waals surface area contributed by atoms with Crippen LogP contribution in [0, 0.1) is 0 Å². The summed E-state index contributed by atoms with van der Waals surface area (Å²) in [6.07, 6.45) is 1.46. The normalized spacial score (nSPS) is 14.9. The fraction of sp³-hybridized carbons (Fsp3) is 0.333. The lowest BCUT2D eigenvalue weighted by atomic mass is 10.2. The van der Waals surface area contributed by atoms with Gasteiger partial charge in [0.25, 0.3) is 5.91 Å². The summed E-state index contributed by atoms with van der Waals surface area (Å²) in [5, 5.41) is 7.15. The Bertz CT molecular complexity index is 680. The van der Waals surface area contributed by atoms with Gasteiger partial charge in [-0.05, 0) is 18.2 Å². The third kappa shape index (κ3) is 3.08. The first-order valence-corrected chi connectivity index (χ1v) is 7.44. The molecule has 1 fully saturated rings. The predicted octanol–water partition coefficient (Wildman–Crippen LogP) is 2.16. The molecule has 1 aliphatic rings. The number of hydrogen-bond acceptors (Lipinski definition) is 4. The number of hydrogen-bond donors (Lipinski definition) is 1. The monoisotopic (exact) mass is 320 g/mol. The predicted molar refractivity (Wildman–Crippen MR) is 85.6 cm³/mol. The molecule has 1 aromatic heterocycles. The molecule has 1 saturated heterocycles. The molecule has 1 amide bonds. The molecule has 7 heteroatoms. The van der Waals surface area contributed by atoms with Crippen molar-refractivity contribution in [1.29, 1.82) is 0 Å². The van der Waals surface area contributed by atoms with E-state index in [9.17, 15) is 4.79 Å². The number of ether oxygens (including phenoxy) is 1. The smallest absolute Gasteiger partial charge is 0.260 e. The first-order valence-electron chi connectivity index (χ1n) is 7.07. The van der Waals surface area contributed by atoms with Crippen molar-refractivity contribution in [3.05, 3.63) is 41.2 Å². The molecule has 22 heavy (non-hydrogen) atoms.